The number of ether oxygens (including phenoxy) is 1. The SMILES string of the molecule is Cc1ccc(C(=O)Nc2ccc(NCCc3ccccn3)cc2)c(OC(C)C)n1. The van der Waals surface area contributed by atoms with Crippen LogP contribution in [0, 0.1) is 6.92 Å². The zero-order chi connectivity index (χ0) is 20.6. The number of nitrogens with one attached hydrogen (secondary N) is 2. The van der Waals surface area contributed by atoms with E-state index in [1.165, 1.54) is 0 Å². The van der Waals surface area contributed by atoms with E-state index in [0.717, 1.165) is 30.0 Å². The molecule has 0 unspecified atom stereocenters. The Hall–Kier alpha value is -3.41. The van der Waals surface area contributed by atoms with Crippen molar-refractivity contribution in [2.45, 2.75) is 33.3 Å². The van der Waals surface area contributed by atoms with Crippen LogP contribution in [-0.4, -0.2) is 28.5 Å². The third-order valence-corrected chi connectivity index (χ3v) is 4.17. The van der Waals surface area contributed by atoms with Crippen molar-refractivity contribution < 1.29 is 9.53 Å². The summed E-state index contributed by atoms with van der Waals surface area (Å²) >= 11 is 0. The second-order valence-corrected chi connectivity index (χ2v) is 7.00. The van der Waals surface area contributed by atoms with E-state index in [-0.39, 0.29) is 12.0 Å². The molecule has 0 radical (unpaired) electrons. The number of rotatable bonds is 8. The lowest BCUT2D eigenvalue weighted by atomic mass is 10.2. The lowest BCUT2D eigenvalue weighted by molar-refractivity contribution is 0.102. The highest BCUT2D eigenvalue weighted by Gasteiger charge is 2.15. The van der Waals surface area contributed by atoms with Crippen LogP contribution in [0.5, 0.6) is 5.88 Å². The molecule has 0 aliphatic heterocycles. The normalized spacial score (nSPS) is 10.6. The summed E-state index contributed by atoms with van der Waals surface area (Å²) in [6, 6.07) is 17.1. The molecular weight excluding hydrogens is 364 g/mol. The smallest absolute Gasteiger partial charge is 0.261 e. The van der Waals surface area contributed by atoms with Gasteiger partial charge < -0.3 is 15.4 Å². The summed E-state index contributed by atoms with van der Waals surface area (Å²) in [5.41, 5.74) is 3.97. The summed E-state index contributed by atoms with van der Waals surface area (Å²) in [4.78, 5) is 21.4. The lowest BCUT2D eigenvalue weighted by Crippen LogP contribution is -2.17. The summed E-state index contributed by atoms with van der Waals surface area (Å²) in [6.45, 7) is 6.47. The van der Waals surface area contributed by atoms with Gasteiger partial charge in [-0.3, -0.25) is 9.78 Å². The van der Waals surface area contributed by atoms with Crippen molar-refractivity contribution in [3.05, 3.63) is 77.7 Å². The third kappa shape index (κ3) is 6.04. The number of anilines is 2. The van der Waals surface area contributed by atoms with E-state index in [0.29, 0.717) is 17.1 Å². The van der Waals surface area contributed by atoms with Gasteiger partial charge in [-0.25, -0.2) is 4.98 Å². The fourth-order valence-corrected chi connectivity index (χ4v) is 2.77. The minimum atomic E-state index is -0.246. The second-order valence-electron chi connectivity index (χ2n) is 7.00. The molecule has 0 saturated carbocycles. The summed E-state index contributed by atoms with van der Waals surface area (Å²) in [5, 5.41) is 6.26. The van der Waals surface area contributed by atoms with Gasteiger partial charge in [0.1, 0.15) is 5.56 Å². The van der Waals surface area contributed by atoms with Gasteiger partial charge in [0.05, 0.1) is 6.10 Å². The first-order valence-electron chi connectivity index (χ1n) is 9.71. The zero-order valence-electron chi connectivity index (χ0n) is 17.0. The molecule has 0 saturated heterocycles. The van der Waals surface area contributed by atoms with E-state index in [9.17, 15) is 4.79 Å². The van der Waals surface area contributed by atoms with Gasteiger partial charge in [0.2, 0.25) is 5.88 Å². The number of benzene rings is 1. The van der Waals surface area contributed by atoms with Crippen molar-refractivity contribution in [2.75, 3.05) is 17.2 Å². The van der Waals surface area contributed by atoms with Crippen LogP contribution >= 0.6 is 0 Å². The number of carbonyl (C=O) groups excluding carboxylic acids is 1. The lowest BCUT2D eigenvalue weighted by Gasteiger charge is -2.14. The van der Waals surface area contributed by atoms with Crippen molar-refractivity contribution in [3.8, 4) is 5.88 Å². The Balaban J connectivity index is 1.59. The van der Waals surface area contributed by atoms with Crippen LogP contribution < -0.4 is 15.4 Å². The van der Waals surface area contributed by atoms with Gasteiger partial charge in [-0.15, -0.1) is 0 Å². The van der Waals surface area contributed by atoms with Crippen molar-refractivity contribution >= 4 is 17.3 Å². The quantitative estimate of drug-likeness (QED) is 0.593. The van der Waals surface area contributed by atoms with E-state index < -0.39 is 0 Å². The summed E-state index contributed by atoms with van der Waals surface area (Å²) in [5.74, 6) is 0.106. The number of pyridine rings is 2. The van der Waals surface area contributed by atoms with E-state index in [4.69, 9.17) is 4.74 Å². The Bertz CT molecular complexity index is 941. The monoisotopic (exact) mass is 390 g/mol. The number of carbonyl (C=O) groups is 1. The molecule has 6 nitrogen and oxygen atoms in total. The van der Waals surface area contributed by atoms with Gasteiger partial charge in [-0.2, -0.15) is 0 Å². The van der Waals surface area contributed by atoms with Gasteiger partial charge in [-0.1, -0.05) is 6.07 Å². The molecule has 1 amide bonds. The van der Waals surface area contributed by atoms with E-state index >= 15 is 0 Å². The second kappa shape index (κ2) is 9.68. The predicted molar refractivity (Wildman–Crippen MR) is 116 cm³/mol. The standard InChI is InChI=1S/C23H26N4O2/c1-16(2)29-23-21(12-7-17(3)26-23)22(28)27-20-10-8-19(9-11-20)25-15-13-18-6-4-5-14-24-18/h4-12,14,16,25H,13,15H2,1-3H3,(H,27,28). The fourth-order valence-electron chi connectivity index (χ4n) is 2.77. The molecule has 0 aliphatic rings. The van der Waals surface area contributed by atoms with Crippen molar-refractivity contribution in [1.29, 1.82) is 0 Å². The van der Waals surface area contributed by atoms with Crippen LogP contribution in [0.15, 0.2) is 60.8 Å². The minimum Gasteiger partial charge on any atom is -0.474 e. The molecule has 1 aromatic carbocycles. The number of hydrogen-bond donors (Lipinski definition) is 2. The minimum absolute atomic E-state index is 0.0627. The topological polar surface area (TPSA) is 76.1 Å². The molecule has 150 valence electrons. The first-order valence-corrected chi connectivity index (χ1v) is 9.71. The fraction of sp³-hybridized carbons (Fsp3) is 0.261. The Kier molecular flexibility index (Phi) is 6.79. The number of hydrogen-bond acceptors (Lipinski definition) is 5. The van der Waals surface area contributed by atoms with Gasteiger partial charge in [-0.05, 0) is 69.3 Å². The maximum atomic E-state index is 12.7. The Morgan fingerprint density at radius 2 is 1.79 bits per heavy atom. The number of aryl methyl sites for hydroxylation is 1. The first kappa shape index (κ1) is 20.3. The summed E-state index contributed by atoms with van der Waals surface area (Å²) < 4.78 is 5.70. The van der Waals surface area contributed by atoms with E-state index in [2.05, 4.69) is 20.6 Å². The predicted octanol–water partition coefficient (Wildman–Crippen LogP) is 4.48. The highest BCUT2D eigenvalue weighted by atomic mass is 16.5. The van der Waals surface area contributed by atoms with Crippen LogP contribution in [0.3, 0.4) is 0 Å². The molecule has 0 atom stereocenters. The zero-order valence-corrected chi connectivity index (χ0v) is 17.0. The Labute approximate surface area is 171 Å². The van der Waals surface area contributed by atoms with Gasteiger partial charge in [0.15, 0.2) is 0 Å². The van der Waals surface area contributed by atoms with Crippen LogP contribution in [0.4, 0.5) is 11.4 Å². The van der Waals surface area contributed by atoms with Gasteiger partial charge in [0, 0.05) is 41.9 Å². The van der Waals surface area contributed by atoms with Crippen molar-refractivity contribution in [2.24, 2.45) is 0 Å². The molecule has 6 heteroatoms. The van der Waals surface area contributed by atoms with Crippen LogP contribution in [-0.2, 0) is 6.42 Å². The summed E-state index contributed by atoms with van der Waals surface area (Å²) in [7, 11) is 0. The molecule has 0 fully saturated rings. The Morgan fingerprint density at radius 3 is 2.48 bits per heavy atom. The van der Waals surface area contributed by atoms with E-state index in [1.54, 1.807) is 18.3 Å². The molecule has 0 bridgehead atoms. The Morgan fingerprint density at radius 1 is 1.03 bits per heavy atom. The maximum absolute atomic E-state index is 12.7. The van der Waals surface area contributed by atoms with Crippen molar-refractivity contribution in [3.63, 3.8) is 0 Å². The highest BCUT2D eigenvalue weighted by Crippen LogP contribution is 2.20. The average molecular weight is 390 g/mol. The van der Waals surface area contributed by atoms with Gasteiger partial charge >= 0.3 is 0 Å². The molecule has 3 aromatic rings. The molecule has 2 N–H and O–H groups in total. The van der Waals surface area contributed by atoms with Crippen molar-refractivity contribution in [1.82, 2.24) is 9.97 Å². The molecule has 0 spiro atoms. The van der Waals surface area contributed by atoms with Crippen LogP contribution in [0.25, 0.3) is 0 Å². The summed E-state index contributed by atoms with van der Waals surface area (Å²) in [6.07, 6.45) is 2.58. The molecule has 2 aromatic heterocycles. The van der Waals surface area contributed by atoms with Crippen LogP contribution in [0.1, 0.15) is 35.6 Å². The third-order valence-electron chi connectivity index (χ3n) is 4.17. The van der Waals surface area contributed by atoms with Crippen LogP contribution in [0.2, 0.25) is 0 Å². The first-order chi connectivity index (χ1) is 14.0. The average Bonchev–Trinajstić information content (AvgIpc) is 2.70. The number of amides is 1. The molecule has 29 heavy (non-hydrogen) atoms. The molecule has 3 rings (SSSR count). The number of aromatic nitrogens is 2. The largest absolute Gasteiger partial charge is 0.474 e. The highest BCUT2D eigenvalue weighted by molar-refractivity contribution is 6.05. The maximum Gasteiger partial charge on any atom is 0.261 e. The molecule has 0 aliphatic carbocycles. The molecular formula is C23H26N4O2. The number of nitrogens with zero attached hydrogens (tertiary/aromatic N) is 2. The van der Waals surface area contributed by atoms with Gasteiger partial charge in [0.25, 0.3) is 5.91 Å². The molecule has 2 heterocycles. The van der Waals surface area contributed by atoms with E-state index in [1.807, 2.05) is 63.2 Å².